The van der Waals surface area contributed by atoms with Gasteiger partial charge in [-0.15, -0.1) is 11.6 Å². The number of nitrogens with zero attached hydrogens (tertiary/aromatic N) is 6. The van der Waals surface area contributed by atoms with Crippen molar-refractivity contribution in [2.45, 2.75) is 70.0 Å². The minimum atomic E-state index is -3.30. The largest absolute Gasteiger partial charge is 0.496 e. The molecule has 68 heavy (non-hydrogen) atoms. The molecule has 1 atom stereocenters. The lowest BCUT2D eigenvalue weighted by atomic mass is 10.0. The van der Waals surface area contributed by atoms with Crippen LogP contribution in [0.1, 0.15) is 72.5 Å². The van der Waals surface area contributed by atoms with Crippen LogP contribution in [0.25, 0.3) is 0 Å². The first-order valence-electron chi connectivity index (χ1n) is 22.2. The number of methoxy groups -OCH3 is 3. The molecule has 2 saturated heterocycles. The van der Waals surface area contributed by atoms with E-state index in [1.165, 1.54) is 49.0 Å². The lowest BCUT2D eigenvalue weighted by Gasteiger charge is -2.31. The van der Waals surface area contributed by atoms with Gasteiger partial charge in [0, 0.05) is 87.2 Å². The molecule has 0 saturated carbocycles. The highest BCUT2D eigenvalue weighted by atomic mass is 35.5. The molecule has 2 fully saturated rings. The van der Waals surface area contributed by atoms with Gasteiger partial charge in [0.2, 0.25) is 37.7 Å². The first-order valence-corrected chi connectivity index (χ1v) is 25.9. The summed E-state index contributed by atoms with van der Waals surface area (Å²) in [6, 6.07) is 8.13. The fourth-order valence-corrected chi connectivity index (χ4v) is 11.0. The van der Waals surface area contributed by atoms with Crippen LogP contribution in [-0.4, -0.2) is 147 Å². The molecule has 0 spiro atoms. The Morgan fingerprint density at radius 1 is 0.765 bits per heavy atom. The number of nitrogens with two attached hydrogens (primary N) is 2. The Bertz CT molecular complexity index is 2520. The van der Waals surface area contributed by atoms with E-state index in [9.17, 15) is 30.4 Å². The third kappa shape index (κ3) is 15.5. The molecule has 4 aromatic rings. The van der Waals surface area contributed by atoms with E-state index in [2.05, 4.69) is 35.9 Å². The van der Waals surface area contributed by atoms with Crippen molar-refractivity contribution in [2.75, 3.05) is 100 Å². The Morgan fingerprint density at radius 3 is 1.82 bits per heavy atom. The summed E-state index contributed by atoms with van der Waals surface area (Å²) < 4.78 is 95.8. The minimum Gasteiger partial charge on any atom is -0.496 e. The van der Waals surface area contributed by atoms with Crippen molar-refractivity contribution in [3.05, 3.63) is 82.7 Å². The first kappa shape index (κ1) is 53.9. The Kier molecular flexibility index (Phi) is 20.2. The number of carbonyl (C=O) groups excluding carboxylic acids is 1. The smallest absolute Gasteiger partial charge is 0.224 e. The topological polar surface area (TPSA) is 259 Å². The van der Waals surface area contributed by atoms with E-state index in [4.69, 9.17) is 37.3 Å². The standard InChI is InChI=1S/C24H37FN6O4S.C20H25ClFN5O4S/c1-17(16-34-2)27-9-4-12-36(32,33)31-10-7-21(8-11-31)29-24-28-15-19(23(26)30-24)13-18-14-20(25)5-6-22(18)35-3;1-31-17-4-3-13(22)11-15(17)18(28)16-12-24-20(26-19(16)23)25-14-5-8-27(9-6-14)32(29,30)10-2-7-21/h5-6,14-15,17,21,27H,4,7-13,16H2,1-3H3,(H3,26,28,29,30);3-4,11-12,14H,2,5-10H2,1H3,(H3,23,24,25,26). The van der Waals surface area contributed by atoms with Crippen LogP contribution in [0, 0.1) is 11.6 Å². The molecular weight excluding hydrogens is 948 g/mol. The van der Waals surface area contributed by atoms with Gasteiger partial charge >= 0.3 is 0 Å². The zero-order chi connectivity index (χ0) is 49.4. The number of piperidine rings is 2. The van der Waals surface area contributed by atoms with Gasteiger partial charge in [-0.1, -0.05) is 0 Å². The number of hydrogen-bond donors (Lipinski definition) is 5. The maximum atomic E-state index is 13.7. The predicted molar refractivity (Wildman–Crippen MR) is 258 cm³/mol. The van der Waals surface area contributed by atoms with E-state index < -0.39 is 31.6 Å². The van der Waals surface area contributed by atoms with Crippen molar-refractivity contribution in [1.29, 1.82) is 0 Å². The van der Waals surface area contributed by atoms with Gasteiger partial charge in [0.05, 0.1) is 43.5 Å². The van der Waals surface area contributed by atoms with Gasteiger partial charge in [0.1, 0.15) is 34.8 Å². The molecule has 24 heteroatoms. The Morgan fingerprint density at radius 2 is 1.29 bits per heavy atom. The van der Waals surface area contributed by atoms with Crippen LogP contribution in [0.15, 0.2) is 48.8 Å². The summed E-state index contributed by atoms with van der Waals surface area (Å²) in [6.07, 6.45) is 6.65. The SMILES string of the molecule is COCC(C)NCCCS(=O)(=O)N1CCC(Nc2ncc(Cc3cc(F)ccc3OC)c(N)n2)CC1.COc1ccc(F)cc1C(=O)c1cnc(NC2CCN(S(=O)(=O)CCCCl)CC2)nc1N. The zero-order valence-corrected chi connectivity index (χ0v) is 41.1. The quantitative estimate of drug-likeness (QED) is 0.0418. The summed E-state index contributed by atoms with van der Waals surface area (Å²) in [5, 5.41) is 9.65. The summed E-state index contributed by atoms with van der Waals surface area (Å²) in [5.41, 5.74) is 13.5. The number of anilines is 4. The number of nitrogen functional groups attached to an aromatic ring is 2. The second-order valence-corrected chi connectivity index (χ2v) is 20.9. The number of aromatic nitrogens is 4. The molecule has 0 aliphatic carbocycles. The van der Waals surface area contributed by atoms with Crippen molar-refractivity contribution in [3.8, 4) is 11.5 Å². The third-order valence-corrected chi connectivity index (χ3v) is 15.6. The molecule has 2 aromatic carbocycles. The molecule has 374 valence electrons. The molecule has 2 aliphatic heterocycles. The Labute approximate surface area is 402 Å². The van der Waals surface area contributed by atoms with Gasteiger partial charge < -0.3 is 41.6 Å². The van der Waals surface area contributed by atoms with Gasteiger partial charge in [0.15, 0.2) is 0 Å². The van der Waals surface area contributed by atoms with E-state index in [0.717, 1.165) is 6.07 Å². The van der Waals surface area contributed by atoms with Crippen molar-refractivity contribution in [2.24, 2.45) is 0 Å². The molecule has 4 heterocycles. The summed E-state index contributed by atoms with van der Waals surface area (Å²) in [4.78, 5) is 29.9. The maximum Gasteiger partial charge on any atom is 0.224 e. The van der Waals surface area contributed by atoms with E-state index in [-0.39, 0.29) is 64.1 Å². The van der Waals surface area contributed by atoms with E-state index in [1.807, 2.05) is 6.92 Å². The maximum absolute atomic E-state index is 13.7. The number of ketones is 1. The van der Waals surface area contributed by atoms with Crippen LogP contribution < -0.4 is 36.9 Å². The number of nitrogens with one attached hydrogen (secondary N) is 3. The normalized spacial score (nSPS) is 15.8. The van der Waals surface area contributed by atoms with Gasteiger partial charge in [-0.25, -0.2) is 44.2 Å². The summed E-state index contributed by atoms with van der Waals surface area (Å²) >= 11 is 5.60. The van der Waals surface area contributed by atoms with Crippen LogP contribution in [0.2, 0.25) is 0 Å². The number of sulfonamides is 2. The Balaban J connectivity index is 0.000000256. The van der Waals surface area contributed by atoms with Gasteiger partial charge in [-0.2, -0.15) is 9.97 Å². The molecule has 19 nitrogen and oxygen atoms in total. The van der Waals surface area contributed by atoms with Gasteiger partial charge in [0.25, 0.3) is 0 Å². The molecule has 2 aromatic heterocycles. The lowest BCUT2D eigenvalue weighted by molar-refractivity contribution is 0.103. The number of hydrogen-bond acceptors (Lipinski definition) is 17. The molecular formula is C44H62ClF2N11O8S2. The third-order valence-electron chi connectivity index (χ3n) is 11.4. The van der Waals surface area contributed by atoms with Crippen LogP contribution in [0.3, 0.4) is 0 Å². The van der Waals surface area contributed by atoms with Crippen LogP contribution in [0.5, 0.6) is 11.5 Å². The van der Waals surface area contributed by atoms with Crippen LogP contribution in [-0.2, 0) is 31.2 Å². The summed E-state index contributed by atoms with van der Waals surface area (Å²) in [6.45, 7) is 4.88. The van der Waals surface area contributed by atoms with Crippen molar-refractivity contribution in [3.63, 3.8) is 0 Å². The van der Waals surface area contributed by atoms with Crippen molar-refractivity contribution < 1.29 is 44.6 Å². The zero-order valence-electron chi connectivity index (χ0n) is 38.7. The predicted octanol–water partition coefficient (Wildman–Crippen LogP) is 4.29. The van der Waals surface area contributed by atoms with Crippen LogP contribution in [0.4, 0.5) is 32.3 Å². The number of alkyl halides is 1. The molecule has 6 rings (SSSR count). The number of rotatable bonds is 22. The van der Waals surface area contributed by atoms with E-state index in [0.29, 0.717) is 119 Å². The highest BCUT2D eigenvalue weighted by Gasteiger charge is 2.30. The molecule has 0 bridgehead atoms. The van der Waals surface area contributed by atoms with Crippen molar-refractivity contribution >= 4 is 61.0 Å². The molecule has 0 amide bonds. The fourth-order valence-electron chi connectivity index (χ4n) is 7.69. The average Bonchev–Trinajstić information content (AvgIpc) is 3.31. The summed E-state index contributed by atoms with van der Waals surface area (Å²) in [5.74, 6) is 0.618. The fraction of sp³-hybridized carbons (Fsp3) is 0.523. The van der Waals surface area contributed by atoms with E-state index in [1.54, 1.807) is 23.7 Å². The second kappa shape index (κ2) is 25.5. The van der Waals surface area contributed by atoms with Crippen molar-refractivity contribution in [1.82, 2.24) is 33.9 Å². The average molecular weight is 1010 g/mol. The highest BCUT2D eigenvalue weighted by Crippen LogP contribution is 2.27. The number of benzene rings is 2. The second-order valence-electron chi connectivity index (χ2n) is 16.4. The Hall–Kier alpha value is -5.04. The number of halogens is 3. The first-order chi connectivity index (χ1) is 32.5. The van der Waals surface area contributed by atoms with Gasteiger partial charge in [-0.05, 0) is 88.4 Å². The lowest BCUT2D eigenvalue weighted by Crippen LogP contribution is -2.43. The highest BCUT2D eigenvalue weighted by molar-refractivity contribution is 7.89. The van der Waals surface area contributed by atoms with E-state index >= 15 is 0 Å². The summed E-state index contributed by atoms with van der Waals surface area (Å²) in [7, 11) is -2.04. The van der Waals surface area contributed by atoms with Crippen LogP contribution >= 0.6 is 11.6 Å². The molecule has 7 N–H and O–H groups in total. The molecule has 2 aliphatic rings. The molecule has 1 unspecified atom stereocenters. The van der Waals surface area contributed by atoms with Gasteiger partial charge in [-0.3, -0.25) is 4.79 Å². The number of ether oxygens (including phenoxy) is 3. The number of carbonyl (C=O) groups is 1. The monoisotopic (exact) mass is 1010 g/mol. The molecule has 0 radical (unpaired) electrons. The minimum absolute atomic E-state index is 0.0197.